The summed E-state index contributed by atoms with van der Waals surface area (Å²) in [6.07, 6.45) is 0. The molecule has 0 unspecified atom stereocenters. The molecule has 0 radical (unpaired) electrons. The Balaban J connectivity index is 2.25. The number of nitrogens with zero attached hydrogens (tertiary/aromatic N) is 2. The van der Waals surface area contributed by atoms with Crippen LogP contribution in [0.15, 0.2) is 18.2 Å². The molecule has 6 nitrogen and oxygen atoms in total. The lowest BCUT2D eigenvalue weighted by molar-refractivity contribution is -0.130. The number of hydrogen-bond donors (Lipinski definition) is 1. The topological polar surface area (TPSA) is 82.4 Å². The molecule has 104 valence electrons. The van der Waals surface area contributed by atoms with E-state index >= 15 is 0 Å². The van der Waals surface area contributed by atoms with Crippen molar-refractivity contribution in [2.75, 3.05) is 7.11 Å². The van der Waals surface area contributed by atoms with Gasteiger partial charge in [0, 0.05) is 0 Å². The summed E-state index contributed by atoms with van der Waals surface area (Å²) in [4.78, 5) is 25.0. The van der Waals surface area contributed by atoms with E-state index < -0.39 is 11.6 Å². The molecule has 1 aromatic rings. The van der Waals surface area contributed by atoms with Crippen LogP contribution in [-0.4, -0.2) is 29.5 Å². The highest BCUT2D eigenvalue weighted by atomic mass is 16.5. The first-order valence-electron chi connectivity index (χ1n) is 6.10. The number of carbonyl (C=O) groups excluding carboxylic acids is 2. The van der Waals surface area contributed by atoms with Crippen molar-refractivity contribution in [3.05, 3.63) is 29.3 Å². The molecule has 0 spiro atoms. The van der Waals surface area contributed by atoms with E-state index in [0.717, 1.165) is 10.5 Å². The van der Waals surface area contributed by atoms with Gasteiger partial charge in [-0.15, -0.1) is 0 Å². The van der Waals surface area contributed by atoms with Crippen molar-refractivity contribution in [1.29, 1.82) is 5.26 Å². The largest absolute Gasteiger partial charge is 0.495 e. The quantitative estimate of drug-likeness (QED) is 0.844. The molecule has 0 aromatic heterocycles. The average molecular weight is 273 g/mol. The SMILES string of the molecule is COc1cc(CN2C(=O)NC(C)(C)C2=O)ccc1C#N. The molecule has 0 saturated carbocycles. The maximum Gasteiger partial charge on any atom is 0.325 e. The Hall–Kier alpha value is -2.55. The van der Waals surface area contributed by atoms with E-state index in [1.54, 1.807) is 32.0 Å². The molecule has 3 amide bonds. The van der Waals surface area contributed by atoms with E-state index in [0.29, 0.717) is 11.3 Å². The van der Waals surface area contributed by atoms with Gasteiger partial charge in [0.2, 0.25) is 0 Å². The number of nitrogens with one attached hydrogen (secondary N) is 1. The lowest BCUT2D eigenvalue weighted by Crippen LogP contribution is -2.40. The molecule has 0 atom stereocenters. The number of hydrogen-bond acceptors (Lipinski definition) is 4. The van der Waals surface area contributed by atoms with Gasteiger partial charge in [-0.3, -0.25) is 9.69 Å². The molecule has 0 aliphatic carbocycles. The van der Waals surface area contributed by atoms with Gasteiger partial charge >= 0.3 is 6.03 Å². The second-order valence-corrected chi connectivity index (χ2v) is 5.09. The molecule has 1 aliphatic heterocycles. The molecule has 1 fully saturated rings. The van der Waals surface area contributed by atoms with Crippen LogP contribution in [0, 0.1) is 11.3 Å². The summed E-state index contributed by atoms with van der Waals surface area (Å²) in [6, 6.07) is 6.57. The fourth-order valence-electron chi connectivity index (χ4n) is 2.07. The van der Waals surface area contributed by atoms with Gasteiger partial charge in [0.1, 0.15) is 17.4 Å². The summed E-state index contributed by atoms with van der Waals surface area (Å²) in [6.45, 7) is 3.47. The maximum atomic E-state index is 12.1. The molecule has 0 bridgehead atoms. The van der Waals surface area contributed by atoms with E-state index in [1.165, 1.54) is 7.11 Å². The van der Waals surface area contributed by atoms with E-state index in [9.17, 15) is 9.59 Å². The number of methoxy groups -OCH3 is 1. The molecule has 1 aromatic carbocycles. The van der Waals surface area contributed by atoms with Crippen molar-refractivity contribution in [3.63, 3.8) is 0 Å². The van der Waals surface area contributed by atoms with Gasteiger partial charge in [-0.05, 0) is 31.5 Å². The van der Waals surface area contributed by atoms with Crippen molar-refractivity contribution >= 4 is 11.9 Å². The van der Waals surface area contributed by atoms with Crippen LogP contribution in [0.25, 0.3) is 0 Å². The highest BCUT2D eigenvalue weighted by Crippen LogP contribution is 2.23. The normalized spacial score (nSPS) is 16.8. The second kappa shape index (κ2) is 4.85. The second-order valence-electron chi connectivity index (χ2n) is 5.09. The first kappa shape index (κ1) is 13.9. The Morgan fingerprint density at radius 2 is 2.10 bits per heavy atom. The minimum Gasteiger partial charge on any atom is -0.495 e. The Labute approximate surface area is 116 Å². The third-order valence-electron chi connectivity index (χ3n) is 3.17. The highest BCUT2D eigenvalue weighted by molar-refractivity contribution is 6.06. The summed E-state index contributed by atoms with van der Waals surface area (Å²) in [7, 11) is 1.47. The molecule has 1 N–H and O–H groups in total. The van der Waals surface area contributed by atoms with Gasteiger partial charge in [-0.2, -0.15) is 5.26 Å². The van der Waals surface area contributed by atoms with Gasteiger partial charge in [-0.1, -0.05) is 6.07 Å². The average Bonchev–Trinajstić information content (AvgIpc) is 2.60. The number of ether oxygens (including phenoxy) is 1. The number of urea groups is 1. The summed E-state index contributed by atoms with van der Waals surface area (Å²) < 4.78 is 5.11. The summed E-state index contributed by atoms with van der Waals surface area (Å²) in [5, 5.41) is 11.5. The van der Waals surface area contributed by atoms with Crippen molar-refractivity contribution in [2.45, 2.75) is 25.9 Å². The van der Waals surface area contributed by atoms with Crippen LogP contribution in [0.5, 0.6) is 5.75 Å². The summed E-state index contributed by atoms with van der Waals surface area (Å²) in [5.74, 6) is 0.155. The number of rotatable bonds is 3. The number of benzene rings is 1. The minimum atomic E-state index is -0.881. The first-order valence-corrected chi connectivity index (χ1v) is 6.10. The van der Waals surface area contributed by atoms with Crippen LogP contribution in [0.2, 0.25) is 0 Å². The third-order valence-corrected chi connectivity index (χ3v) is 3.17. The van der Waals surface area contributed by atoms with Crippen molar-refractivity contribution in [3.8, 4) is 11.8 Å². The summed E-state index contributed by atoms with van der Waals surface area (Å²) >= 11 is 0. The molecule has 1 heterocycles. The Morgan fingerprint density at radius 3 is 2.60 bits per heavy atom. The van der Waals surface area contributed by atoms with Crippen LogP contribution in [0.4, 0.5) is 4.79 Å². The van der Waals surface area contributed by atoms with E-state index in [-0.39, 0.29) is 12.5 Å². The lowest BCUT2D eigenvalue weighted by atomic mass is 10.1. The highest BCUT2D eigenvalue weighted by Gasteiger charge is 2.44. The van der Waals surface area contributed by atoms with Crippen molar-refractivity contribution < 1.29 is 14.3 Å². The molecule has 1 aliphatic rings. The fraction of sp³-hybridized carbons (Fsp3) is 0.357. The molecule has 2 rings (SSSR count). The zero-order valence-corrected chi connectivity index (χ0v) is 11.6. The zero-order chi connectivity index (χ0) is 14.9. The van der Waals surface area contributed by atoms with Gasteiger partial charge in [0.15, 0.2) is 0 Å². The molecule has 6 heteroatoms. The van der Waals surface area contributed by atoms with Gasteiger partial charge < -0.3 is 10.1 Å². The van der Waals surface area contributed by atoms with E-state index in [4.69, 9.17) is 10.00 Å². The predicted molar refractivity (Wildman–Crippen MR) is 70.9 cm³/mol. The predicted octanol–water partition coefficient (Wildman–Crippen LogP) is 1.40. The Bertz CT molecular complexity index is 617. The maximum absolute atomic E-state index is 12.1. The molecule has 1 saturated heterocycles. The fourth-order valence-corrected chi connectivity index (χ4v) is 2.07. The van der Waals surface area contributed by atoms with Crippen LogP contribution >= 0.6 is 0 Å². The number of amides is 3. The minimum absolute atomic E-state index is 0.149. The van der Waals surface area contributed by atoms with Crippen LogP contribution in [-0.2, 0) is 11.3 Å². The van der Waals surface area contributed by atoms with Gasteiger partial charge in [0.05, 0.1) is 19.2 Å². The third kappa shape index (κ3) is 2.30. The lowest BCUT2D eigenvalue weighted by Gasteiger charge is -2.16. The van der Waals surface area contributed by atoms with E-state index in [1.807, 2.05) is 6.07 Å². The zero-order valence-electron chi connectivity index (χ0n) is 11.6. The van der Waals surface area contributed by atoms with E-state index in [2.05, 4.69) is 5.32 Å². The van der Waals surface area contributed by atoms with Gasteiger partial charge in [-0.25, -0.2) is 4.79 Å². The van der Waals surface area contributed by atoms with Crippen molar-refractivity contribution in [2.24, 2.45) is 0 Å². The standard InChI is InChI=1S/C14H15N3O3/c1-14(2)12(18)17(13(19)16-14)8-9-4-5-10(7-15)11(6-9)20-3/h4-6H,8H2,1-3H3,(H,16,19). The van der Waals surface area contributed by atoms with Gasteiger partial charge in [0.25, 0.3) is 5.91 Å². The van der Waals surface area contributed by atoms with Crippen LogP contribution in [0.3, 0.4) is 0 Å². The Kier molecular flexibility index (Phi) is 3.36. The molecular formula is C14H15N3O3. The molecule has 20 heavy (non-hydrogen) atoms. The molecular weight excluding hydrogens is 258 g/mol. The summed E-state index contributed by atoms with van der Waals surface area (Å²) in [5.41, 5.74) is 0.254. The number of carbonyl (C=O) groups is 2. The van der Waals surface area contributed by atoms with Crippen molar-refractivity contribution in [1.82, 2.24) is 10.2 Å². The monoisotopic (exact) mass is 273 g/mol. The smallest absolute Gasteiger partial charge is 0.325 e. The number of nitriles is 1. The number of imide groups is 1. The first-order chi connectivity index (χ1) is 9.39. The van der Waals surface area contributed by atoms with Crippen LogP contribution < -0.4 is 10.1 Å². The Morgan fingerprint density at radius 1 is 1.40 bits per heavy atom. The van der Waals surface area contributed by atoms with Crippen LogP contribution in [0.1, 0.15) is 25.0 Å².